The molecule has 0 aliphatic carbocycles. The van der Waals surface area contributed by atoms with Gasteiger partial charge in [-0.25, -0.2) is 4.98 Å². The quantitative estimate of drug-likeness (QED) is 0.675. The van der Waals surface area contributed by atoms with Gasteiger partial charge in [-0.05, 0) is 48.7 Å². The topological polar surface area (TPSA) is 42.1 Å². The molecule has 1 aliphatic rings. The van der Waals surface area contributed by atoms with Crippen molar-refractivity contribution >= 4 is 34.6 Å². The van der Waals surface area contributed by atoms with Crippen LogP contribution in [0.25, 0.3) is 0 Å². The first-order chi connectivity index (χ1) is 9.63. The number of nitrogen functional groups attached to an aromatic ring is 1. The Bertz CT molecular complexity index is 643. The number of halogens is 2. The lowest BCUT2D eigenvalue weighted by Gasteiger charge is -2.31. The van der Waals surface area contributed by atoms with E-state index in [9.17, 15) is 0 Å². The van der Waals surface area contributed by atoms with Crippen LogP contribution in [0.5, 0.6) is 0 Å². The van der Waals surface area contributed by atoms with Gasteiger partial charge in [-0.2, -0.15) is 0 Å². The molecule has 3 rings (SSSR count). The lowest BCUT2D eigenvalue weighted by Crippen LogP contribution is -2.29. The molecule has 20 heavy (non-hydrogen) atoms. The monoisotopic (exact) mass is 307 g/mol. The van der Waals surface area contributed by atoms with E-state index >= 15 is 0 Å². The second kappa shape index (κ2) is 5.51. The number of fused-ring (bicyclic) bond motifs is 1. The van der Waals surface area contributed by atoms with Gasteiger partial charge >= 0.3 is 0 Å². The molecule has 5 heteroatoms. The van der Waals surface area contributed by atoms with Gasteiger partial charge in [0.15, 0.2) is 0 Å². The highest BCUT2D eigenvalue weighted by Crippen LogP contribution is 2.31. The van der Waals surface area contributed by atoms with Gasteiger partial charge in [-0.15, -0.1) is 0 Å². The molecular formula is C15H15Cl2N3. The van der Waals surface area contributed by atoms with Crippen molar-refractivity contribution in [2.24, 2.45) is 0 Å². The van der Waals surface area contributed by atoms with Gasteiger partial charge in [0, 0.05) is 17.9 Å². The Morgan fingerprint density at radius 2 is 2.05 bits per heavy atom. The van der Waals surface area contributed by atoms with Gasteiger partial charge in [-0.3, -0.25) is 0 Å². The number of anilines is 2. The summed E-state index contributed by atoms with van der Waals surface area (Å²) in [5.41, 5.74) is 9.97. The zero-order valence-electron chi connectivity index (χ0n) is 10.9. The molecule has 0 radical (unpaired) electrons. The minimum absolute atomic E-state index is 0.471. The van der Waals surface area contributed by atoms with E-state index in [1.165, 1.54) is 11.3 Å². The van der Waals surface area contributed by atoms with Crippen molar-refractivity contribution in [3.8, 4) is 0 Å². The van der Waals surface area contributed by atoms with Crippen LogP contribution in [0.15, 0.2) is 30.3 Å². The molecule has 1 aromatic heterocycles. The molecule has 0 saturated carbocycles. The van der Waals surface area contributed by atoms with Crippen LogP contribution in [0.2, 0.25) is 10.2 Å². The molecule has 1 aromatic carbocycles. The standard InChI is InChI=1S/C15H15Cl2N3/c16-12-4-6-15(17)19-13(12)9-20-7-1-2-10-8-11(18)3-5-14(10)20/h3-6,8H,1-2,7,9,18H2. The fourth-order valence-corrected chi connectivity index (χ4v) is 2.94. The molecule has 3 nitrogen and oxygen atoms in total. The number of aryl methyl sites for hydroxylation is 1. The maximum absolute atomic E-state index is 6.20. The maximum atomic E-state index is 6.20. The molecule has 0 unspecified atom stereocenters. The van der Waals surface area contributed by atoms with Crippen molar-refractivity contribution in [1.29, 1.82) is 0 Å². The summed E-state index contributed by atoms with van der Waals surface area (Å²) in [6.07, 6.45) is 2.17. The normalized spacial score (nSPS) is 14.2. The third-order valence-corrected chi connectivity index (χ3v) is 4.10. The summed E-state index contributed by atoms with van der Waals surface area (Å²) in [6, 6.07) is 9.55. The summed E-state index contributed by atoms with van der Waals surface area (Å²) in [6.45, 7) is 1.65. The fourth-order valence-electron chi connectivity index (χ4n) is 2.61. The van der Waals surface area contributed by atoms with Gasteiger partial charge in [0.25, 0.3) is 0 Å². The van der Waals surface area contributed by atoms with Crippen LogP contribution in [-0.4, -0.2) is 11.5 Å². The van der Waals surface area contributed by atoms with E-state index in [0.717, 1.165) is 30.8 Å². The number of hydrogen-bond acceptors (Lipinski definition) is 3. The molecule has 2 N–H and O–H groups in total. The molecule has 0 bridgehead atoms. The van der Waals surface area contributed by atoms with Crippen LogP contribution in [0.3, 0.4) is 0 Å². The van der Waals surface area contributed by atoms with E-state index in [1.807, 2.05) is 6.07 Å². The Hall–Kier alpha value is -1.45. The first kappa shape index (κ1) is 13.5. The van der Waals surface area contributed by atoms with E-state index in [4.69, 9.17) is 28.9 Å². The maximum Gasteiger partial charge on any atom is 0.129 e. The summed E-state index contributed by atoms with van der Waals surface area (Å²) < 4.78 is 0. The molecule has 0 atom stereocenters. The molecule has 1 aliphatic heterocycles. The number of aromatic nitrogens is 1. The van der Waals surface area contributed by atoms with E-state index in [2.05, 4.69) is 22.0 Å². The van der Waals surface area contributed by atoms with Crippen molar-refractivity contribution < 1.29 is 0 Å². The minimum Gasteiger partial charge on any atom is -0.399 e. The number of hydrogen-bond donors (Lipinski definition) is 1. The Morgan fingerprint density at radius 3 is 2.90 bits per heavy atom. The molecule has 2 aromatic rings. The van der Waals surface area contributed by atoms with E-state index in [0.29, 0.717) is 16.7 Å². The van der Waals surface area contributed by atoms with E-state index < -0.39 is 0 Å². The Morgan fingerprint density at radius 1 is 1.20 bits per heavy atom. The molecule has 0 saturated heterocycles. The number of rotatable bonds is 2. The fraction of sp³-hybridized carbons (Fsp3) is 0.267. The van der Waals surface area contributed by atoms with Crippen molar-refractivity contribution in [3.63, 3.8) is 0 Å². The van der Waals surface area contributed by atoms with Gasteiger partial charge in [0.2, 0.25) is 0 Å². The smallest absolute Gasteiger partial charge is 0.129 e. The molecule has 0 fully saturated rings. The number of pyridine rings is 1. The highest BCUT2D eigenvalue weighted by molar-refractivity contribution is 6.32. The third kappa shape index (κ3) is 2.69. The van der Waals surface area contributed by atoms with Crippen LogP contribution in [0.4, 0.5) is 11.4 Å². The van der Waals surface area contributed by atoms with Gasteiger partial charge in [0.1, 0.15) is 5.15 Å². The van der Waals surface area contributed by atoms with Crippen molar-refractivity contribution in [1.82, 2.24) is 4.98 Å². The molecule has 0 amide bonds. The second-order valence-corrected chi connectivity index (χ2v) is 5.77. The van der Waals surface area contributed by atoms with Crippen LogP contribution in [0, 0.1) is 0 Å². The zero-order valence-corrected chi connectivity index (χ0v) is 12.5. The molecule has 2 heterocycles. The Kier molecular flexibility index (Phi) is 3.72. The van der Waals surface area contributed by atoms with Crippen LogP contribution in [0.1, 0.15) is 17.7 Å². The molecule has 104 valence electrons. The van der Waals surface area contributed by atoms with Crippen molar-refractivity contribution in [3.05, 3.63) is 51.8 Å². The molecular weight excluding hydrogens is 293 g/mol. The average Bonchev–Trinajstić information content (AvgIpc) is 2.43. The first-order valence-electron chi connectivity index (χ1n) is 6.58. The highest BCUT2D eigenvalue weighted by atomic mass is 35.5. The number of nitrogens with zero attached hydrogens (tertiary/aromatic N) is 2. The van der Waals surface area contributed by atoms with Crippen LogP contribution in [-0.2, 0) is 13.0 Å². The van der Waals surface area contributed by atoms with Gasteiger partial charge in [0.05, 0.1) is 17.3 Å². The minimum atomic E-state index is 0.471. The predicted octanol–water partition coefficient (Wildman–Crippen LogP) is 3.92. The van der Waals surface area contributed by atoms with Crippen molar-refractivity contribution in [2.45, 2.75) is 19.4 Å². The summed E-state index contributed by atoms with van der Waals surface area (Å²) in [5, 5.41) is 1.12. The van der Waals surface area contributed by atoms with Crippen LogP contribution >= 0.6 is 23.2 Å². The SMILES string of the molecule is Nc1ccc2c(c1)CCCN2Cc1nc(Cl)ccc1Cl. The lowest BCUT2D eigenvalue weighted by molar-refractivity contribution is 0.684. The summed E-state index contributed by atoms with van der Waals surface area (Å²) in [5.74, 6) is 0. The Labute approximate surface area is 128 Å². The average molecular weight is 308 g/mol. The van der Waals surface area contributed by atoms with Crippen LogP contribution < -0.4 is 10.6 Å². The number of benzene rings is 1. The lowest BCUT2D eigenvalue weighted by atomic mass is 10.0. The van der Waals surface area contributed by atoms with E-state index in [-0.39, 0.29) is 0 Å². The Balaban J connectivity index is 1.91. The predicted molar refractivity (Wildman–Crippen MR) is 84.5 cm³/mol. The van der Waals surface area contributed by atoms with Crippen molar-refractivity contribution in [2.75, 3.05) is 17.2 Å². The summed E-state index contributed by atoms with van der Waals surface area (Å²) >= 11 is 12.2. The second-order valence-electron chi connectivity index (χ2n) is 4.98. The summed E-state index contributed by atoms with van der Waals surface area (Å²) in [7, 11) is 0. The molecule has 0 spiro atoms. The van der Waals surface area contributed by atoms with Gasteiger partial charge < -0.3 is 10.6 Å². The first-order valence-corrected chi connectivity index (χ1v) is 7.33. The highest BCUT2D eigenvalue weighted by Gasteiger charge is 2.18. The third-order valence-electron chi connectivity index (χ3n) is 3.54. The van der Waals surface area contributed by atoms with E-state index in [1.54, 1.807) is 12.1 Å². The summed E-state index contributed by atoms with van der Waals surface area (Å²) in [4.78, 5) is 6.60. The zero-order chi connectivity index (χ0) is 14.1. The number of nitrogens with two attached hydrogens (primary N) is 1. The largest absolute Gasteiger partial charge is 0.399 e. The van der Waals surface area contributed by atoms with Gasteiger partial charge in [-0.1, -0.05) is 23.2 Å².